The molecule has 24 heavy (non-hydrogen) atoms. The zero-order valence-corrected chi connectivity index (χ0v) is 13.4. The molecule has 126 valence electrons. The second-order valence-corrected chi connectivity index (χ2v) is 5.10. The number of ether oxygens (including phenoxy) is 2. The van der Waals surface area contributed by atoms with E-state index in [1.807, 2.05) is 25.1 Å². The van der Waals surface area contributed by atoms with Gasteiger partial charge < -0.3 is 20.5 Å². The minimum atomic E-state index is -0.609. The van der Waals surface area contributed by atoms with Crippen LogP contribution in [0.5, 0.6) is 11.5 Å². The Kier molecular flexibility index (Phi) is 6.19. The highest BCUT2D eigenvalue weighted by Gasteiger charge is 2.18. The second kappa shape index (κ2) is 8.57. The number of carbonyl (C=O) groups excluding carboxylic acids is 2. The van der Waals surface area contributed by atoms with Crippen LogP contribution in [0.15, 0.2) is 54.6 Å². The Morgan fingerprint density at radius 2 is 1.79 bits per heavy atom. The number of hydrogen-bond donors (Lipinski definition) is 2. The molecule has 0 saturated heterocycles. The Balaban J connectivity index is 1.99. The summed E-state index contributed by atoms with van der Waals surface area (Å²) in [4.78, 5) is 23.1. The third-order valence-electron chi connectivity index (χ3n) is 3.17. The molecule has 0 bridgehead atoms. The van der Waals surface area contributed by atoms with Crippen molar-refractivity contribution in [2.45, 2.75) is 19.4 Å². The zero-order valence-electron chi connectivity index (χ0n) is 13.4. The van der Waals surface area contributed by atoms with Gasteiger partial charge in [0.25, 0.3) is 11.8 Å². The smallest absolute Gasteiger partial charge is 0.265 e. The van der Waals surface area contributed by atoms with E-state index in [-0.39, 0.29) is 12.5 Å². The summed E-state index contributed by atoms with van der Waals surface area (Å²) >= 11 is 0. The minimum absolute atomic E-state index is 0.216. The molecule has 6 nitrogen and oxygen atoms in total. The van der Waals surface area contributed by atoms with Crippen LogP contribution in [-0.2, 0) is 9.59 Å². The van der Waals surface area contributed by atoms with Crippen molar-refractivity contribution in [2.75, 3.05) is 11.9 Å². The molecule has 0 aliphatic rings. The van der Waals surface area contributed by atoms with E-state index in [0.29, 0.717) is 23.6 Å². The third kappa shape index (κ3) is 5.31. The number of nitrogens with one attached hydrogen (secondary N) is 1. The summed E-state index contributed by atoms with van der Waals surface area (Å²) in [7, 11) is 0. The standard InChI is InChI=1S/C18H20N2O4/c1-2-16(24-14-8-4-3-5-9-14)18(22)20-13-7-6-10-15(11-13)23-12-17(19)21/h3-11,16H,2,12H2,1H3,(H2,19,21)(H,20,22)/t16-/m1/s1. The quantitative estimate of drug-likeness (QED) is 0.778. The van der Waals surface area contributed by atoms with Gasteiger partial charge in [-0.1, -0.05) is 31.2 Å². The molecule has 2 amide bonds. The first kappa shape index (κ1) is 17.3. The molecule has 3 N–H and O–H groups in total. The molecule has 2 rings (SSSR count). The van der Waals surface area contributed by atoms with Crippen molar-refractivity contribution in [2.24, 2.45) is 5.73 Å². The summed E-state index contributed by atoms with van der Waals surface area (Å²) in [6.45, 7) is 1.66. The van der Waals surface area contributed by atoms with Crippen molar-refractivity contribution in [3.63, 3.8) is 0 Å². The number of carbonyl (C=O) groups is 2. The number of primary amides is 1. The van der Waals surface area contributed by atoms with Crippen LogP contribution in [0.1, 0.15) is 13.3 Å². The molecule has 2 aromatic carbocycles. The first-order chi connectivity index (χ1) is 11.6. The molecular weight excluding hydrogens is 308 g/mol. The number of nitrogens with two attached hydrogens (primary N) is 1. The first-order valence-corrected chi connectivity index (χ1v) is 7.62. The van der Waals surface area contributed by atoms with Crippen LogP contribution in [0, 0.1) is 0 Å². The molecule has 0 saturated carbocycles. The SMILES string of the molecule is CC[C@@H](Oc1ccccc1)C(=O)Nc1cccc(OCC(N)=O)c1. The highest BCUT2D eigenvalue weighted by atomic mass is 16.5. The van der Waals surface area contributed by atoms with Crippen molar-refractivity contribution in [3.05, 3.63) is 54.6 Å². The van der Waals surface area contributed by atoms with Crippen molar-refractivity contribution >= 4 is 17.5 Å². The molecule has 0 unspecified atom stereocenters. The van der Waals surface area contributed by atoms with Gasteiger partial charge in [0.1, 0.15) is 11.5 Å². The Labute approximate surface area is 140 Å². The van der Waals surface area contributed by atoms with Crippen molar-refractivity contribution in [1.82, 2.24) is 0 Å². The fourth-order valence-electron chi connectivity index (χ4n) is 2.03. The van der Waals surface area contributed by atoms with Crippen LogP contribution in [-0.4, -0.2) is 24.5 Å². The molecule has 0 aliphatic heterocycles. The van der Waals surface area contributed by atoms with Crippen LogP contribution < -0.4 is 20.5 Å². The van der Waals surface area contributed by atoms with Crippen molar-refractivity contribution < 1.29 is 19.1 Å². The van der Waals surface area contributed by atoms with E-state index in [4.69, 9.17) is 15.2 Å². The van der Waals surface area contributed by atoms with Crippen LogP contribution >= 0.6 is 0 Å². The summed E-state index contributed by atoms with van der Waals surface area (Å²) in [6, 6.07) is 15.9. The van der Waals surface area contributed by atoms with Crippen LogP contribution in [0.4, 0.5) is 5.69 Å². The van der Waals surface area contributed by atoms with Crippen LogP contribution in [0.25, 0.3) is 0 Å². The fraction of sp³-hybridized carbons (Fsp3) is 0.222. The Bertz CT molecular complexity index is 688. The van der Waals surface area contributed by atoms with Gasteiger partial charge in [-0.25, -0.2) is 0 Å². The van der Waals surface area contributed by atoms with Gasteiger partial charge in [0.2, 0.25) is 0 Å². The van der Waals surface area contributed by atoms with Crippen LogP contribution in [0.2, 0.25) is 0 Å². The molecule has 2 aromatic rings. The largest absolute Gasteiger partial charge is 0.484 e. The highest BCUT2D eigenvalue weighted by molar-refractivity contribution is 5.94. The summed E-state index contributed by atoms with van der Waals surface area (Å²) < 4.78 is 10.9. The number of rotatable bonds is 8. The van der Waals surface area contributed by atoms with Crippen LogP contribution in [0.3, 0.4) is 0 Å². The van der Waals surface area contributed by atoms with Gasteiger partial charge in [0, 0.05) is 11.8 Å². The average Bonchev–Trinajstić information content (AvgIpc) is 2.59. The Morgan fingerprint density at radius 1 is 1.08 bits per heavy atom. The number of benzene rings is 2. The maximum atomic E-state index is 12.4. The van der Waals surface area contributed by atoms with E-state index in [1.54, 1.807) is 36.4 Å². The lowest BCUT2D eigenvalue weighted by atomic mass is 10.2. The van der Waals surface area contributed by atoms with Gasteiger partial charge in [0.15, 0.2) is 12.7 Å². The van der Waals surface area contributed by atoms with Crippen molar-refractivity contribution in [1.29, 1.82) is 0 Å². The van der Waals surface area contributed by atoms with E-state index in [1.165, 1.54) is 0 Å². The molecule has 0 aromatic heterocycles. The average molecular weight is 328 g/mol. The van der Waals surface area contributed by atoms with Crippen molar-refractivity contribution in [3.8, 4) is 11.5 Å². The van der Waals surface area contributed by atoms with Gasteiger partial charge in [-0.3, -0.25) is 9.59 Å². The molecule has 0 aliphatic carbocycles. The number of para-hydroxylation sites is 1. The maximum absolute atomic E-state index is 12.4. The van der Waals surface area contributed by atoms with E-state index < -0.39 is 12.0 Å². The van der Waals surface area contributed by atoms with Gasteiger partial charge in [-0.15, -0.1) is 0 Å². The topological polar surface area (TPSA) is 90.7 Å². The Morgan fingerprint density at radius 3 is 2.46 bits per heavy atom. The molecular formula is C18H20N2O4. The highest BCUT2D eigenvalue weighted by Crippen LogP contribution is 2.19. The van der Waals surface area contributed by atoms with E-state index >= 15 is 0 Å². The molecule has 0 heterocycles. The van der Waals surface area contributed by atoms with Gasteiger partial charge in [-0.05, 0) is 30.7 Å². The monoisotopic (exact) mass is 328 g/mol. The van der Waals surface area contributed by atoms with E-state index in [2.05, 4.69) is 5.32 Å². The summed E-state index contributed by atoms with van der Waals surface area (Å²) in [6.07, 6.45) is -0.0823. The summed E-state index contributed by atoms with van der Waals surface area (Å²) in [5.41, 5.74) is 5.59. The molecule has 0 spiro atoms. The minimum Gasteiger partial charge on any atom is -0.484 e. The summed E-state index contributed by atoms with van der Waals surface area (Å²) in [5, 5.41) is 2.78. The maximum Gasteiger partial charge on any atom is 0.265 e. The molecule has 0 radical (unpaired) electrons. The van der Waals surface area contributed by atoms with E-state index in [9.17, 15) is 9.59 Å². The number of hydrogen-bond acceptors (Lipinski definition) is 4. The molecule has 1 atom stereocenters. The van der Waals surface area contributed by atoms with Gasteiger partial charge >= 0.3 is 0 Å². The van der Waals surface area contributed by atoms with Gasteiger partial charge in [0.05, 0.1) is 0 Å². The predicted octanol–water partition coefficient (Wildman–Crippen LogP) is 2.35. The molecule has 0 fully saturated rings. The molecule has 6 heteroatoms. The lowest BCUT2D eigenvalue weighted by Gasteiger charge is -2.17. The number of anilines is 1. The van der Waals surface area contributed by atoms with Gasteiger partial charge in [-0.2, -0.15) is 0 Å². The zero-order chi connectivity index (χ0) is 17.4. The summed E-state index contributed by atoms with van der Waals surface area (Å²) in [5.74, 6) is 0.266. The first-order valence-electron chi connectivity index (χ1n) is 7.62. The third-order valence-corrected chi connectivity index (χ3v) is 3.17. The number of amides is 2. The lowest BCUT2D eigenvalue weighted by Crippen LogP contribution is -2.32. The van der Waals surface area contributed by atoms with E-state index in [0.717, 1.165) is 0 Å². The second-order valence-electron chi connectivity index (χ2n) is 5.10. The normalized spacial score (nSPS) is 11.4. The Hall–Kier alpha value is -3.02. The lowest BCUT2D eigenvalue weighted by molar-refractivity contribution is -0.123. The fourth-order valence-corrected chi connectivity index (χ4v) is 2.03. The predicted molar refractivity (Wildman–Crippen MR) is 90.9 cm³/mol.